The lowest BCUT2D eigenvalue weighted by Crippen LogP contribution is -2.49. The Morgan fingerprint density at radius 3 is 2.20 bits per heavy atom. The number of nitrogens with one attached hydrogen (secondary N) is 2. The number of hydrogen-bond acceptors (Lipinski definition) is 6. The molecule has 2 fully saturated rings. The predicted molar refractivity (Wildman–Crippen MR) is 221 cm³/mol. The molecule has 1 unspecified atom stereocenters. The molecule has 0 radical (unpaired) electrons. The van der Waals surface area contributed by atoms with E-state index in [1.807, 2.05) is 54.6 Å². The van der Waals surface area contributed by atoms with Crippen LogP contribution in [0.1, 0.15) is 60.1 Å². The topological polar surface area (TPSA) is 142 Å². The highest BCUT2D eigenvalue weighted by atomic mass is 32.2. The van der Waals surface area contributed by atoms with E-state index in [1.165, 1.54) is 25.7 Å². The van der Waals surface area contributed by atoms with Crippen LogP contribution in [0.3, 0.4) is 0 Å². The molecular formula is C43H51N7O4S. The van der Waals surface area contributed by atoms with Crippen LogP contribution in [0.25, 0.3) is 21.7 Å². The van der Waals surface area contributed by atoms with Gasteiger partial charge in [0.2, 0.25) is 5.91 Å². The van der Waals surface area contributed by atoms with E-state index in [4.69, 9.17) is 10.7 Å². The van der Waals surface area contributed by atoms with Crippen molar-refractivity contribution in [3.05, 3.63) is 114 Å². The summed E-state index contributed by atoms with van der Waals surface area (Å²) in [5.41, 5.74) is 8.69. The molecule has 1 atom stereocenters. The molecule has 1 saturated heterocycles. The summed E-state index contributed by atoms with van der Waals surface area (Å²) in [7, 11) is -0.0551. The first-order chi connectivity index (χ1) is 26.5. The van der Waals surface area contributed by atoms with Crippen molar-refractivity contribution in [2.45, 2.75) is 51.0 Å². The van der Waals surface area contributed by atoms with Crippen molar-refractivity contribution < 1.29 is 18.0 Å². The second-order valence-corrected chi connectivity index (χ2v) is 16.9. The monoisotopic (exact) mass is 761 g/mol. The molecular weight excluding hydrogens is 711 g/mol. The third kappa shape index (κ3) is 9.03. The summed E-state index contributed by atoms with van der Waals surface area (Å²) >= 11 is 0. The quantitative estimate of drug-likeness (QED) is 0.0988. The van der Waals surface area contributed by atoms with Gasteiger partial charge in [-0.1, -0.05) is 72.8 Å². The minimum Gasteiger partial charge on any atom is -0.384 e. The number of amides is 2. The Labute approximate surface area is 323 Å². The van der Waals surface area contributed by atoms with Crippen molar-refractivity contribution in [3.63, 3.8) is 0 Å². The van der Waals surface area contributed by atoms with Crippen LogP contribution >= 0.6 is 0 Å². The number of amidine groups is 1. The number of likely N-dealkylation sites (tertiary alicyclic amines) is 1. The predicted octanol–water partition coefficient (Wildman–Crippen LogP) is 6.04. The van der Waals surface area contributed by atoms with E-state index in [9.17, 15) is 18.0 Å². The van der Waals surface area contributed by atoms with Gasteiger partial charge in [0.15, 0.2) is 0 Å². The number of para-hydroxylation sites is 1. The number of rotatable bonds is 13. The average Bonchev–Trinajstić information content (AvgIpc) is 3.87. The summed E-state index contributed by atoms with van der Waals surface area (Å²) in [6, 6.07) is 28.2. The van der Waals surface area contributed by atoms with Gasteiger partial charge >= 0.3 is 10.2 Å². The number of nitrogens with zero attached hydrogens (tertiary/aromatic N) is 4. The fourth-order valence-corrected chi connectivity index (χ4v) is 9.40. The number of benzene rings is 4. The van der Waals surface area contributed by atoms with Gasteiger partial charge in [0.25, 0.3) is 5.91 Å². The van der Waals surface area contributed by atoms with Crippen molar-refractivity contribution in [2.24, 2.45) is 22.6 Å². The Bertz CT molecular complexity index is 2290. The maximum atomic E-state index is 14.2. The summed E-state index contributed by atoms with van der Waals surface area (Å²) in [4.78, 5) is 36.9. The van der Waals surface area contributed by atoms with Crippen LogP contribution < -0.4 is 15.8 Å². The van der Waals surface area contributed by atoms with E-state index in [0.717, 1.165) is 51.2 Å². The Hall–Kier alpha value is -5.20. The van der Waals surface area contributed by atoms with Crippen LogP contribution in [-0.2, 0) is 21.4 Å². The Kier molecular flexibility index (Phi) is 11.5. The van der Waals surface area contributed by atoms with E-state index in [2.05, 4.69) is 29.0 Å². The van der Waals surface area contributed by atoms with Crippen molar-refractivity contribution in [2.75, 3.05) is 45.0 Å². The van der Waals surface area contributed by atoms with Crippen LogP contribution in [0.4, 0.5) is 5.69 Å². The highest BCUT2D eigenvalue weighted by Gasteiger charge is 2.31. The van der Waals surface area contributed by atoms with Gasteiger partial charge in [0.05, 0.1) is 11.2 Å². The summed E-state index contributed by atoms with van der Waals surface area (Å²) < 4.78 is 31.9. The van der Waals surface area contributed by atoms with Crippen molar-refractivity contribution in [1.29, 1.82) is 0 Å². The molecule has 1 saturated carbocycles. The second kappa shape index (κ2) is 16.7. The van der Waals surface area contributed by atoms with E-state index in [1.54, 1.807) is 47.4 Å². The molecule has 2 aliphatic rings. The third-order valence-corrected chi connectivity index (χ3v) is 12.3. The summed E-state index contributed by atoms with van der Waals surface area (Å²) in [6.45, 7) is 3.07. The van der Waals surface area contributed by atoms with Gasteiger partial charge in [-0.25, -0.2) is 3.97 Å². The van der Waals surface area contributed by atoms with Gasteiger partial charge in [-0.05, 0) is 105 Å². The van der Waals surface area contributed by atoms with Gasteiger partial charge in [-0.3, -0.25) is 19.3 Å². The lowest BCUT2D eigenvalue weighted by molar-refractivity contribution is -0.132. The van der Waals surface area contributed by atoms with Crippen LogP contribution in [0.5, 0.6) is 0 Å². The molecule has 5 aromatic rings. The summed E-state index contributed by atoms with van der Waals surface area (Å²) in [5, 5.41) is 5.35. The molecule has 288 valence electrons. The largest absolute Gasteiger partial charge is 0.384 e. The molecule has 4 aromatic carbocycles. The molecule has 0 spiro atoms. The van der Waals surface area contributed by atoms with Crippen molar-refractivity contribution >= 4 is 55.2 Å². The van der Waals surface area contributed by atoms with Gasteiger partial charge in [-0.2, -0.15) is 8.42 Å². The number of aromatic nitrogens is 1. The van der Waals surface area contributed by atoms with Crippen molar-refractivity contribution in [1.82, 2.24) is 19.1 Å². The SMILES string of the molecule is CN(C)CC1CCC(CN=C(N)c2ccc(CC(NC(=O)c3cc4ccccc4n3S(=O)(=O)Nc3ccc4ccccc4c3)C(=O)N3CCCC3)cc2)CC1. The third-order valence-electron chi connectivity index (χ3n) is 11.0. The van der Waals surface area contributed by atoms with E-state index in [0.29, 0.717) is 48.0 Å². The van der Waals surface area contributed by atoms with Gasteiger partial charge in [0.1, 0.15) is 17.6 Å². The van der Waals surface area contributed by atoms with Crippen molar-refractivity contribution in [3.8, 4) is 0 Å². The fourth-order valence-electron chi connectivity index (χ4n) is 8.06. The minimum absolute atomic E-state index is 0.0979. The lowest BCUT2D eigenvalue weighted by Gasteiger charge is -2.29. The normalized spacial score (nSPS) is 18.5. The zero-order valence-corrected chi connectivity index (χ0v) is 32.5. The summed E-state index contributed by atoms with van der Waals surface area (Å²) in [5.74, 6) is 0.923. The summed E-state index contributed by atoms with van der Waals surface area (Å²) in [6.07, 6.45) is 6.79. The Morgan fingerprint density at radius 2 is 1.49 bits per heavy atom. The molecule has 0 bridgehead atoms. The fraction of sp³-hybridized carbons (Fsp3) is 0.372. The van der Waals surface area contributed by atoms with Crippen LogP contribution in [0.15, 0.2) is 102 Å². The number of fused-ring (bicyclic) bond motifs is 2. The molecule has 12 heteroatoms. The second-order valence-electron chi connectivity index (χ2n) is 15.4. The first kappa shape index (κ1) is 38.1. The number of nitrogens with two attached hydrogens (primary N) is 1. The first-order valence-corrected chi connectivity index (χ1v) is 20.7. The zero-order valence-electron chi connectivity index (χ0n) is 31.7. The molecule has 2 heterocycles. The van der Waals surface area contributed by atoms with Crippen LogP contribution in [0, 0.1) is 11.8 Å². The highest BCUT2D eigenvalue weighted by molar-refractivity contribution is 7.91. The van der Waals surface area contributed by atoms with E-state index < -0.39 is 22.2 Å². The molecule has 4 N–H and O–H groups in total. The maximum absolute atomic E-state index is 14.2. The van der Waals surface area contributed by atoms with Crippen LogP contribution in [0.2, 0.25) is 0 Å². The van der Waals surface area contributed by atoms with Gasteiger partial charge < -0.3 is 20.9 Å². The smallest absolute Gasteiger partial charge is 0.328 e. The van der Waals surface area contributed by atoms with E-state index >= 15 is 0 Å². The zero-order chi connectivity index (χ0) is 38.5. The Balaban J connectivity index is 1.09. The standard InChI is InChI=1S/C43H51N7O4S/c1-48(2)29-32-15-13-31(14-16-32)28-45-41(44)34-19-17-30(18-20-34)25-38(43(52)49-23-7-8-24-49)46-42(51)40-27-36-11-5-6-12-39(36)50(40)55(53,54)47-37-22-21-33-9-3-4-10-35(33)26-37/h3-6,9-12,17-22,26-27,31-32,38,47H,7-8,13-16,23-25,28-29H2,1-2H3,(H2,44,45)(H,46,51). The van der Waals surface area contributed by atoms with Gasteiger partial charge in [-0.15, -0.1) is 0 Å². The van der Waals surface area contributed by atoms with Crippen LogP contribution in [-0.4, -0.2) is 86.2 Å². The number of carbonyl (C=O) groups is 2. The first-order valence-electron chi connectivity index (χ1n) is 19.3. The molecule has 1 aliphatic heterocycles. The molecule has 1 aromatic heterocycles. The molecule has 1 aliphatic carbocycles. The molecule has 7 rings (SSSR count). The molecule has 11 nitrogen and oxygen atoms in total. The number of carbonyl (C=O) groups excluding carboxylic acids is 2. The number of anilines is 1. The number of hydrogen-bond donors (Lipinski definition) is 3. The Morgan fingerprint density at radius 1 is 0.836 bits per heavy atom. The van der Waals surface area contributed by atoms with E-state index in [-0.39, 0.29) is 18.0 Å². The number of aliphatic imine (C=N–C) groups is 1. The average molecular weight is 762 g/mol. The molecule has 55 heavy (non-hydrogen) atoms. The van der Waals surface area contributed by atoms with Gasteiger partial charge in [0, 0.05) is 43.5 Å². The minimum atomic E-state index is -4.32. The lowest BCUT2D eigenvalue weighted by atomic mass is 9.82. The highest BCUT2D eigenvalue weighted by Crippen LogP contribution is 2.30. The maximum Gasteiger partial charge on any atom is 0.328 e. The molecule has 2 amide bonds.